The molecule has 1 aliphatic rings. The number of esters is 1. The molecule has 0 aliphatic carbocycles. The summed E-state index contributed by atoms with van der Waals surface area (Å²) in [7, 11) is 1.42. The quantitative estimate of drug-likeness (QED) is 0.620. The molecule has 2 heterocycles. The number of methoxy groups -OCH3 is 1. The second-order valence-electron chi connectivity index (χ2n) is 5.07. The van der Waals surface area contributed by atoms with Gasteiger partial charge in [-0.1, -0.05) is 0 Å². The van der Waals surface area contributed by atoms with E-state index in [4.69, 9.17) is 4.74 Å². The Balaban J connectivity index is 1.62. The van der Waals surface area contributed by atoms with Crippen molar-refractivity contribution >= 4 is 17.3 Å². The minimum absolute atomic E-state index is 0.180. The molecule has 1 saturated heterocycles. The molecule has 0 bridgehead atoms. The zero-order valence-corrected chi connectivity index (χ0v) is 12.8. The van der Waals surface area contributed by atoms with Crippen molar-refractivity contribution in [3.05, 3.63) is 21.9 Å². The number of carbonyl (C=O) groups is 1. The largest absolute Gasteiger partial charge is 0.469 e. The van der Waals surface area contributed by atoms with E-state index >= 15 is 0 Å². The van der Waals surface area contributed by atoms with E-state index in [1.165, 1.54) is 31.2 Å². The summed E-state index contributed by atoms with van der Waals surface area (Å²) in [5, 5.41) is 3.44. The van der Waals surface area contributed by atoms with E-state index in [1.54, 1.807) is 11.3 Å². The Hall–Kier alpha value is -0.910. The topological polar surface area (TPSA) is 47.6 Å². The van der Waals surface area contributed by atoms with Crippen LogP contribution in [0.3, 0.4) is 0 Å². The molecule has 5 heteroatoms. The Morgan fingerprint density at radius 1 is 1.45 bits per heavy atom. The van der Waals surface area contributed by atoms with Crippen molar-refractivity contribution in [1.82, 2.24) is 5.32 Å². The molecule has 1 fully saturated rings. The van der Waals surface area contributed by atoms with Crippen molar-refractivity contribution in [3.8, 4) is 0 Å². The summed E-state index contributed by atoms with van der Waals surface area (Å²) in [5.41, 5.74) is 0. The smallest absolute Gasteiger partial charge is 0.310 e. The van der Waals surface area contributed by atoms with Crippen molar-refractivity contribution in [3.63, 3.8) is 0 Å². The van der Waals surface area contributed by atoms with Gasteiger partial charge in [0.1, 0.15) is 0 Å². The first-order valence-electron chi connectivity index (χ1n) is 7.24. The molecule has 1 atom stereocenters. The van der Waals surface area contributed by atoms with Crippen molar-refractivity contribution in [2.24, 2.45) is 0 Å². The molecule has 112 valence electrons. The second-order valence-corrected chi connectivity index (χ2v) is 6.33. The molecule has 1 aromatic rings. The van der Waals surface area contributed by atoms with E-state index in [-0.39, 0.29) is 5.97 Å². The molecular formula is C15H23NO3S. The van der Waals surface area contributed by atoms with Crippen LogP contribution < -0.4 is 5.32 Å². The van der Waals surface area contributed by atoms with E-state index < -0.39 is 0 Å². The minimum atomic E-state index is -0.180. The molecule has 0 amide bonds. The maximum atomic E-state index is 11.2. The van der Waals surface area contributed by atoms with Crippen molar-refractivity contribution in [2.75, 3.05) is 20.3 Å². The lowest BCUT2D eigenvalue weighted by Crippen LogP contribution is -2.24. The molecule has 2 rings (SSSR count). The van der Waals surface area contributed by atoms with Gasteiger partial charge < -0.3 is 14.8 Å². The summed E-state index contributed by atoms with van der Waals surface area (Å²) in [4.78, 5) is 13.5. The Morgan fingerprint density at radius 3 is 3.05 bits per heavy atom. The van der Waals surface area contributed by atoms with Gasteiger partial charge >= 0.3 is 5.97 Å². The highest BCUT2D eigenvalue weighted by atomic mass is 32.1. The predicted octanol–water partition coefficient (Wildman–Crippen LogP) is 2.51. The summed E-state index contributed by atoms with van der Waals surface area (Å²) < 4.78 is 10.4. The van der Waals surface area contributed by atoms with Crippen LogP contribution in [0.15, 0.2) is 12.1 Å². The molecule has 4 nitrogen and oxygen atoms in total. The highest BCUT2D eigenvalue weighted by Gasteiger charge is 2.13. The average Bonchev–Trinajstić information content (AvgIpc) is 2.92. The highest BCUT2D eigenvalue weighted by molar-refractivity contribution is 7.12. The fraction of sp³-hybridized carbons (Fsp3) is 0.667. The highest BCUT2D eigenvalue weighted by Crippen LogP contribution is 2.18. The molecule has 1 aliphatic heterocycles. The third kappa shape index (κ3) is 5.23. The van der Waals surface area contributed by atoms with E-state index in [1.807, 2.05) is 6.07 Å². The zero-order valence-electron chi connectivity index (χ0n) is 12.0. The maximum absolute atomic E-state index is 11.2. The lowest BCUT2D eigenvalue weighted by molar-refractivity contribution is -0.139. The number of thiophene rings is 1. The number of carbonyl (C=O) groups excluding carboxylic acids is 1. The molecule has 1 N–H and O–H groups in total. The molecule has 0 saturated carbocycles. The predicted molar refractivity (Wildman–Crippen MR) is 80.0 cm³/mol. The van der Waals surface area contributed by atoms with Crippen molar-refractivity contribution in [1.29, 1.82) is 0 Å². The summed E-state index contributed by atoms with van der Waals surface area (Å²) in [5.74, 6) is -0.180. The third-order valence-electron chi connectivity index (χ3n) is 3.48. The van der Waals surface area contributed by atoms with E-state index in [0.29, 0.717) is 12.5 Å². The van der Waals surface area contributed by atoms with Crippen molar-refractivity contribution < 1.29 is 14.3 Å². The molecule has 1 aromatic heterocycles. The number of rotatable bonds is 7. The lowest BCUT2D eigenvalue weighted by atomic mass is 10.1. The van der Waals surface area contributed by atoms with Gasteiger partial charge in [0.15, 0.2) is 0 Å². The summed E-state index contributed by atoms with van der Waals surface area (Å²) >= 11 is 1.67. The standard InChI is InChI=1S/C15H23NO3S/c1-18-15(17)10-13-5-6-14(20-13)11-16-8-7-12-4-2-3-9-19-12/h5-6,12,16H,2-4,7-11H2,1H3. The molecule has 0 radical (unpaired) electrons. The maximum Gasteiger partial charge on any atom is 0.310 e. The first-order chi connectivity index (χ1) is 9.78. The summed E-state index contributed by atoms with van der Waals surface area (Å²) in [6.45, 7) is 2.76. The van der Waals surface area contributed by atoms with Crippen LogP contribution in [0.25, 0.3) is 0 Å². The normalized spacial score (nSPS) is 18.9. The fourth-order valence-corrected chi connectivity index (χ4v) is 3.31. The number of ether oxygens (including phenoxy) is 2. The van der Waals surface area contributed by atoms with Gasteiger partial charge in [-0.05, 0) is 44.4 Å². The SMILES string of the molecule is COC(=O)Cc1ccc(CNCCC2CCCCO2)s1. The van der Waals surface area contributed by atoms with Gasteiger partial charge in [-0.3, -0.25) is 4.79 Å². The summed E-state index contributed by atoms with van der Waals surface area (Å²) in [6, 6.07) is 4.08. The average molecular weight is 297 g/mol. The molecular weight excluding hydrogens is 274 g/mol. The van der Waals surface area contributed by atoms with Gasteiger partial charge in [0.05, 0.1) is 19.6 Å². The zero-order chi connectivity index (χ0) is 14.2. The molecule has 0 aromatic carbocycles. The van der Waals surface area contributed by atoms with Gasteiger partial charge in [-0.15, -0.1) is 11.3 Å². The second kappa shape index (κ2) is 8.39. The molecule has 20 heavy (non-hydrogen) atoms. The summed E-state index contributed by atoms with van der Waals surface area (Å²) in [6.07, 6.45) is 5.60. The Kier molecular flexibility index (Phi) is 6.50. The van der Waals surface area contributed by atoms with E-state index in [2.05, 4.69) is 16.1 Å². The molecule has 0 spiro atoms. The van der Waals surface area contributed by atoms with Crippen LogP contribution in [-0.2, 0) is 27.2 Å². The van der Waals surface area contributed by atoms with Crippen LogP contribution in [-0.4, -0.2) is 32.3 Å². The third-order valence-corrected chi connectivity index (χ3v) is 4.57. The first-order valence-corrected chi connectivity index (χ1v) is 8.06. The number of hydrogen-bond acceptors (Lipinski definition) is 5. The van der Waals surface area contributed by atoms with Gasteiger partial charge in [-0.2, -0.15) is 0 Å². The van der Waals surface area contributed by atoms with Gasteiger partial charge in [-0.25, -0.2) is 0 Å². The van der Waals surface area contributed by atoms with E-state index in [0.717, 1.165) is 31.0 Å². The van der Waals surface area contributed by atoms with Crippen molar-refractivity contribution in [2.45, 2.75) is 44.8 Å². The fourth-order valence-electron chi connectivity index (χ4n) is 2.34. The van der Waals surface area contributed by atoms with Crippen LogP contribution in [0.1, 0.15) is 35.4 Å². The van der Waals surface area contributed by atoms with Crippen LogP contribution in [0.2, 0.25) is 0 Å². The number of hydrogen-bond donors (Lipinski definition) is 1. The van der Waals surface area contributed by atoms with Crippen LogP contribution in [0.5, 0.6) is 0 Å². The van der Waals surface area contributed by atoms with Gasteiger partial charge in [0, 0.05) is 22.9 Å². The minimum Gasteiger partial charge on any atom is -0.469 e. The van der Waals surface area contributed by atoms with Crippen LogP contribution in [0.4, 0.5) is 0 Å². The van der Waals surface area contributed by atoms with Gasteiger partial charge in [0.2, 0.25) is 0 Å². The first kappa shape index (κ1) is 15.5. The van der Waals surface area contributed by atoms with Crippen LogP contribution >= 0.6 is 11.3 Å². The Bertz CT molecular complexity index is 413. The number of nitrogens with one attached hydrogen (secondary N) is 1. The monoisotopic (exact) mass is 297 g/mol. The van der Waals surface area contributed by atoms with E-state index in [9.17, 15) is 4.79 Å². The Labute approximate surface area is 124 Å². The molecule has 1 unspecified atom stereocenters. The van der Waals surface area contributed by atoms with Gasteiger partial charge in [0.25, 0.3) is 0 Å². The Morgan fingerprint density at radius 2 is 2.30 bits per heavy atom. The van der Waals surface area contributed by atoms with Crippen LogP contribution in [0, 0.1) is 0 Å². The lowest BCUT2D eigenvalue weighted by Gasteiger charge is -2.22.